The highest BCUT2D eigenvalue weighted by molar-refractivity contribution is 9.10. The van der Waals surface area contributed by atoms with Gasteiger partial charge in [0.1, 0.15) is 0 Å². The summed E-state index contributed by atoms with van der Waals surface area (Å²) < 4.78 is 5.48. The number of halogens is 2. The minimum Gasteiger partial charge on any atom is -0.466 e. The highest BCUT2D eigenvalue weighted by Crippen LogP contribution is 2.23. The standard InChI is InChI=1S/C12H13BrClNO3/c1-2-18-11(16)5-6-15-12(17)8-3-4-9(13)10(14)7-8/h3-4,7H,2,5-6H2,1H3,(H,15,17). The topological polar surface area (TPSA) is 55.4 Å². The van der Waals surface area contributed by atoms with Gasteiger partial charge in [0.25, 0.3) is 5.91 Å². The van der Waals surface area contributed by atoms with Gasteiger partial charge < -0.3 is 10.1 Å². The van der Waals surface area contributed by atoms with E-state index >= 15 is 0 Å². The van der Waals surface area contributed by atoms with Crippen molar-refractivity contribution in [2.45, 2.75) is 13.3 Å². The van der Waals surface area contributed by atoms with Crippen molar-refractivity contribution in [3.8, 4) is 0 Å². The Balaban J connectivity index is 2.45. The van der Waals surface area contributed by atoms with Gasteiger partial charge in [0.05, 0.1) is 18.1 Å². The average molecular weight is 335 g/mol. The van der Waals surface area contributed by atoms with Crippen LogP contribution in [0.3, 0.4) is 0 Å². The second-order valence-electron chi connectivity index (χ2n) is 3.44. The molecule has 1 rings (SSSR count). The molecule has 0 atom stereocenters. The van der Waals surface area contributed by atoms with E-state index in [0.29, 0.717) is 17.2 Å². The highest BCUT2D eigenvalue weighted by atomic mass is 79.9. The van der Waals surface area contributed by atoms with Gasteiger partial charge >= 0.3 is 5.97 Å². The molecule has 0 fully saturated rings. The molecule has 1 aromatic rings. The van der Waals surface area contributed by atoms with E-state index in [2.05, 4.69) is 21.2 Å². The molecule has 0 aliphatic carbocycles. The summed E-state index contributed by atoms with van der Waals surface area (Å²) in [6.45, 7) is 2.32. The molecule has 0 spiro atoms. The maximum absolute atomic E-state index is 11.7. The van der Waals surface area contributed by atoms with E-state index in [9.17, 15) is 9.59 Å². The number of carbonyl (C=O) groups is 2. The summed E-state index contributed by atoms with van der Waals surface area (Å²) in [6.07, 6.45) is 0.157. The van der Waals surface area contributed by atoms with Crippen molar-refractivity contribution in [3.05, 3.63) is 33.3 Å². The quantitative estimate of drug-likeness (QED) is 0.842. The number of ether oxygens (including phenoxy) is 1. The molecule has 18 heavy (non-hydrogen) atoms. The van der Waals surface area contributed by atoms with Crippen LogP contribution in [-0.4, -0.2) is 25.0 Å². The zero-order chi connectivity index (χ0) is 13.5. The normalized spacial score (nSPS) is 9.94. The van der Waals surface area contributed by atoms with E-state index in [1.165, 1.54) is 0 Å². The van der Waals surface area contributed by atoms with Crippen molar-refractivity contribution in [3.63, 3.8) is 0 Å². The third-order valence-electron chi connectivity index (χ3n) is 2.10. The van der Waals surface area contributed by atoms with Gasteiger partial charge in [-0.25, -0.2) is 0 Å². The van der Waals surface area contributed by atoms with Crippen LogP contribution in [0.5, 0.6) is 0 Å². The molecule has 0 aromatic heterocycles. The van der Waals surface area contributed by atoms with E-state index < -0.39 is 0 Å². The van der Waals surface area contributed by atoms with Crippen molar-refractivity contribution in [1.82, 2.24) is 5.32 Å². The Morgan fingerprint density at radius 3 is 2.78 bits per heavy atom. The van der Waals surface area contributed by atoms with Crippen LogP contribution in [0.4, 0.5) is 0 Å². The third kappa shape index (κ3) is 4.66. The number of benzene rings is 1. The smallest absolute Gasteiger partial charge is 0.307 e. The molecule has 1 amide bonds. The van der Waals surface area contributed by atoms with Crippen LogP contribution >= 0.6 is 27.5 Å². The SMILES string of the molecule is CCOC(=O)CCNC(=O)c1ccc(Br)c(Cl)c1. The molecular weight excluding hydrogens is 321 g/mol. The average Bonchev–Trinajstić information content (AvgIpc) is 2.33. The van der Waals surface area contributed by atoms with E-state index in [0.717, 1.165) is 4.47 Å². The second-order valence-corrected chi connectivity index (χ2v) is 4.70. The zero-order valence-electron chi connectivity index (χ0n) is 9.83. The maximum atomic E-state index is 11.7. The molecule has 1 aromatic carbocycles. The first kappa shape index (κ1) is 15.0. The first-order chi connectivity index (χ1) is 8.54. The van der Waals surface area contributed by atoms with Crippen molar-refractivity contribution in [1.29, 1.82) is 0 Å². The second kappa shape index (κ2) is 7.38. The van der Waals surface area contributed by atoms with Gasteiger partial charge in [-0.1, -0.05) is 11.6 Å². The molecule has 0 unspecified atom stereocenters. The molecule has 0 aliphatic heterocycles. The largest absolute Gasteiger partial charge is 0.466 e. The van der Waals surface area contributed by atoms with Gasteiger partial charge in [-0.3, -0.25) is 9.59 Å². The predicted octanol–water partition coefficient (Wildman–Crippen LogP) is 2.79. The number of hydrogen-bond acceptors (Lipinski definition) is 3. The highest BCUT2D eigenvalue weighted by Gasteiger charge is 2.08. The van der Waals surface area contributed by atoms with Gasteiger partial charge in [0.15, 0.2) is 0 Å². The Kier molecular flexibility index (Phi) is 6.15. The molecular formula is C12H13BrClNO3. The maximum Gasteiger partial charge on any atom is 0.307 e. The summed E-state index contributed by atoms with van der Waals surface area (Å²) >= 11 is 9.13. The number of nitrogens with one attached hydrogen (secondary N) is 1. The van der Waals surface area contributed by atoms with Gasteiger partial charge in [0.2, 0.25) is 0 Å². The number of amides is 1. The number of esters is 1. The van der Waals surface area contributed by atoms with E-state index in [-0.39, 0.29) is 24.8 Å². The summed E-state index contributed by atoms with van der Waals surface area (Å²) in [7, 11) is 0. The van der Waals surface area contributed by atoms with Crippen LogP contribution < -0.4 is 5.32 Å². The molecule has 0 saturated heterocycles. The molecule has 0 radical (unpaired) electrons. The molecule has 4 nitrogen and oxygen atoms in total. The summed E-state index contributed by atoms with van der Waals surface area (Å²) in [6, 6.07) is 4.91. The number of carbonyl (C=O) groups excluding carboxylic acids is 2. The molecule has 0 aliphatic rings. The van der Waals surface area contributed by atoms with Crippen LogP contribution in [0.2, 0.25) is 5.02 Å². The zero-order valence-corrected chi connectivity index (χ0v) is 12.2. The molecule has 0 bridgehead atoms. The minimum atomic E-state index is -0.327. The number of hydrogen-bond donors (Lipinski definition) is 1. The lowest BCUT2D eigenvalue weighted by Gasteiger charge is -2.06. The fourth-order valence-corrected chi connectivity index (χ4v) is 1.68. The van der Waals surface area contributed by atoms with Gasteiger partial charge in [-0.2, -0.15) is 0 Å². The van der Waals surface area contributed by atoms with Gasteiger partial charge in [0, 0.05) is 16.6 Å². The summed E-state index contributed by atoms with van der Waals surface area (Å²) in [5.41, 5.74) is 0.451. The lowest BCUT2D eigenvalue weighted by atomic mass is 10.2. The molecule has 0 heterocycles. The fourth-order valence-electron chi connectivity index (χ4n) is 1.25. The van der Waals surface area contributed by atoms with Gasteiger partial charge in [-0.15, -0.1) is 0 Å². The summed E-state index contributed by atoms with van der Waals surface area (Å²) in [5, 5.41) is 3.09. The Labute approximate surface area is 119 Å². The summed E-state index contributed by atoms with van der Waals surface area (Å²) in [4.78, 5) is 22.8. The third-order valence-corrected chi connectivity index (χ3v) is 3.33. The van der Waals surface area contributed by atoms with Crippen molar-refractivity contribution < 1.29 is 14.3 Å². The van der Waals surface area contributed by atoms with Crippen LogP contribution in [0.25, 0.3) is 0 Å². The predicted molar refractivity (Wildman–Crippen MR) is 72.7 cm³/mol. The lowest BCUT2D eigenvalue weighted by molar-refractivity contribution is -0.142. The molecule has 1 N–H and O–H groups in total. The van der Waals surface area contributed by atoms with Crippen LogP contribution in [-0.2, 0) is 9.53 Å². The van der Waals surface area contributed by atoms with E-state index in [1.54, 1.807) is 25.1 Å². The van der Waals surface area contributed by atoms with Crippen LogP contribution in [0.15, 0.2) is 22.7 Å². The Bertz CT molecular complexity index is 451. The molecule has 0 saturated carbocycles. The Morgan fingerprint density at radius 2 is 2.17 bits per heavy atom. The van der Waals surface area contributed by atoms with Crippen LogP contribution in [0.1, 0.15) is 23.7 Å². The Morgan fingerprint density at radius 1 is 1.44 bits per heavy atom. The van der Waals surface area contributed by atoms with Crippen molar-refractivity contribution in [2.75, 3.05) is 13.2 Å². The minimum absolute atomic E-state index is 0.157. The van der Waals surface area contributed by atoms with E-state index in [4.69, 9.17) is 16.3 Å². The number of rotatable bonds is 5. The summed E-state index contributed by atoms with van der Waals surface area (Å²) in [5.74, 6) is -0.597. The molecule has 6 heteroatoms. The van der Waals surface area contributed by atoms with Gasteiger partial charge in [-0.05, 0) is 41.1 Å². The van der Waals surface area contributed by atoms with E-state index in [1.807, 2.05) is 0 Å². The lowest BCUT2D eigenvalue weighted by Crippen LogP contribution is -2.26. The first-order valence-corrected chi connectivity index (χ1v) is 6.60. The Hall–Kier alpha value is -1.07. The van der Waals surface area contributed by atoms with Crippen molar-refractivity contribution >= 4 is 39.4 Å². The van der Waals surface area contributed by atoms with Crippen molar-refractivity contribution in [2.24, 2.45) is 0 Å². The molecule has 98 valence electrons. The fraction of sp³-hybridized carbons (Fsp3) is 0.333. The first-order valence-electron chi connectivity index (χ1n) is 5.43. The monoisotopic (exact) mass is 333 g/mol. The van der Waals surface area contributed by atoms with Crippen LogP contribution in [0, 0.1) is 0 Å².